The van der Waals surface area contributed by atoms with Crippen molar-refractivity contribution in [3.8, 4) is 33.8 Å². The van der Waals surface area contributed by atoms with Gasteiger partial charge in [-0.2, -0.15) is 0 Å². The molecule has 3 nitrogen and oxygen atoms in total. The lowest BCUT2D eigenvalue weighted by atomic mass is 9.98. The van der Waals surface area contributed by atoms with Gasteiger partial charge in [-0.3, -0.25) is 0 Å². The molecule has 0 aliphatic carbocycles. The van der Waals surface area contributed by atoms with Crippen LogP contribution in [0.5, 0.6) is 11.5 Å². The Bertz CT molecular complexity index is 3900. The number of hydrogen-bond acceptors (Lipinski definition) is 3. The standard InChI is InChI=1S/C64H42NO2Si2/c1-2-17-50(18-3-1)68-59-25-10-13-28-63(59)69(61-26-11-8-23-56(61)67-57-24-9-12-27-62(57)69)64-40-33-46(41-60(64)68)43-29-34-47(35-30-43)65(49-38-39-54-53-20-6-7-22-55(53)66-58(54)42-49)48-36-31-45(32-37-48)52-21-14-16-44-15-4-5-19-51(44)52/h1-42H. The van der Waals surface area contributed by atoms with Crippen molar-refractivity contribution < 1.29 is 9.15 Å². The molecule has 69 heavy (non-hydrogen) atoms. The van der Waals surface area contributed by atoms with Crippen molar-refractivity contribution in [2.45, 2.75) is 0 Å². The first-order valence-electron chi connectivity index (χ1n) is 23.6. The summed E-state index contributed by atoms with van der Waals surface area (Å²) < 4.78 is 13.2. The normalized spacial score (nSPS) is 13.4. The van der Waals surface area contributed by atoms with Crippen molar-refractivity contribution >= 4 is 103 Å². The van der Waals surface area contributed by atoms with Gasteiger partial charge in [-0.05, 0) is 114 Å². The van der Waals surface area contributed by atoms with Crippen molar-refractivity contribution in [1.82, 2.24) is 0 Å². The van der Waals surface area contributed by atoms with Crippen LogP contribution in [0.1, 0.15) is 0 Å². The summed E-state index contributed by atoms with van der Waals surface area (Å²) in [5.74, 6) is 1.93. The summed E-state index contributed by atoms with van der Waals surface area (Å²) >= 11 is 0. The van der Waals surface area contributed by atoms with Crippen LogP contribution in [0.3, 0.4) is 0 Å². The minimum absolute atomic E-state index is 0.866. The van der Waals surface area contributed by atoms with Crippen LogP contribution in [-0.2, 0) is 0 Å². The molecule has 14 rings (SSSR count). The van der Waals surface area contributed by atoms with Gasteiger partial charge in [0.2, 0.25) is 0 Å². The molecule has 0 fully saturated rings. The molecule has 2 aliphatic heterocycles. The number of ether oxygens (including phenoxy) is 1. The van der Waals surface area contributed by atoms with E-state index in [0.29, 0.717) is 0 Å². The van der Waals surface area contributed by atoms with E-state index in [1.165, 1.54) is 69.3 Å². The second-order valence-corrected chi connectivity index (χ2v) is 24.2. The number of hydrogen-bond donors (Lipinski definition) is 0. The Labute approximate surface area is 403 Å². The zero-order valence-corrected chi connectivity index (χ0v) is 39.5. The van der Waals surface area contributed by atoms with E-state index >= 15 is 0 Å². The van der Waals surface area contributed by atoms with Gasteiger partial charge >= 0.3 is 0 Å². The third-order valence-corrected chi connectivity index (χ3v) is 22.7. The minimum Gasteiger partial charge on any atom is -0.458 e. The third kappa shape index (κ3) is 6.18. The number of benzene rings is 11. The maximum atomic E-state index is 6.74. The highest BCUT2D eigenvalue weighted by Gasteiger charge is 2.53. The third-order valence-electron chi connectivity index (χ3n) is 14.5. The molecule has 0 N–H and O–H groups in total. The number of rotatable bonds is 6. The summed E-state index contributed by atoms with van der Waals surface area (Å²) in [7, 11) is -4.26. The molecular weight excluding hydrogens is 871 g/mol. The fourth-order valence-corrected chi connectivity index (χ4v) is 21.1. The van der Waals surface area contributed by atoms with E-state index in [4.69, 9.17) is 9.15 Å². The molecule has 3 heterocycles. The zero-order chi connectivity index (χ0) is 45.5. The van der Waals surface area contributed by atoms with Crippen molar-refractivity contribution in [3.63, 3.8) is 0 Å². The molecule has 0 amide bonds. The molecule has 11 aromatic carbocycles. The highest BCUT2D eigenvalue weighted by atomic mass is 28.3. The molecule has 0 saturated heterocycles. The number of furan rings is 1. The van der Waals surface area contributed by atoms with Crippen LogP contribution in [0.2, 0.25) is 0 Å². The number of fused-ring (bicyclic) bond motifs is 12. The average molecular weight is 913 g/mol. The van der Waals surface area contributed by atoms with Crippen LogP contribution in [0, 0.1) is 0 Å². The Kier molecular flexibility index (Phi) is 9.09. The Balaban J connectivity index is 0.919. The van der Waals surface area contributed by atoms with Crippen LogP contribution in [-0.4, -0.2) is 16.9 Å². The first-order valence-corrected chi connectivity index (χ1v) is 27.1. The summed E-state index contributed by atoms with van der Waals surface area (Å²) in [6.45, 7) is 0. The maximum absolute atomic E-state index is 6.74. The second kappa shape index (κ2) is 15.8. The lowest BCUT2D eigenvalue weighted by molar-refractivity contribution is 0.487. The van der Waals surface area contributed by atoms with Gasteiger partial charge < -0.3 is 14.1 Å². The van der Waals surface area contributed by atoms with E-state index in [0.717, 1.165) is 50.5 Å². The number of anilines is 3. The quantitative estimate of drug-likeness (QED) is 0.155. The monoisotopic (exact) mass is 912 g/mol. The van der Waals surface area contributed by atoms with Crippen LogP contribution < -0.4 is 45.9 Å². The Hall–Kier alpha value is -8.49. The summed E-state index contributed by atoms with van der Waals surface area (Å²) in [5.41, 5.74) is 9.72. The fourth-order valence-electron chi connectivity index (χ4n) is 11.4. The molecule has 0 saturated carbocycles. The van der Waals surface area contributed by atoms with Crippen molar-refractivity contribution in [1.29, 1.82) is 0 Å². The number of nitrogens with zero attached hydrogens (tertiary/aromatic N) is 1. The Morgan fingerprint density at radius 2 is 0.913 bits per heavy atom. The Morgan fingerprint density at radius 1 is 0.348 bits per heavy atom. The maximum Gasteiger partial charge on any atom is 0.188 e. The zero-order valence-electron chi connectivity index (χ0n) is 37.5. The first kappa shape index (κ1) is 39.7. The van der Waals surface area contributed by atoms with Crippen molar-refractivity contribution in [2.75, 3.05) is 4.90 Å². The highest BCUT2D eigenvalue weighted by Crippen LogP contribution is 2.41. The SMILES string of the molecule is c1ccc([Si]2c3ccccc3[Si]3(c4ccccc4Oc4ccccc43)c3ccc(-c4ccc(N(c5ccc(-c6cccc7ccccc67)cc5)c5ccc6c(c5)oc5ccccc56)cc4)cc32)cc1. The number of para-hydroxylation sites is 3. The predicted molar refractivity (Wildman–Crippen MR) is 292 cm³/mol. The molecule has 1 aromatic heterocycles. The van der Waals surface area contributed by atoms with Gasteiger partial charge in [0.15, 0.2) is 16.9 Å². The van der Waals surface area contributed by atoms with E-state index in [9.17, 15) is 0 Å². The largest absolute Gasteiger partial charge is 0.458 e. The molecule has 323 valence electrons. The van der Waals surface area contributed by atoms with E-state index in [2.05, 4.69) is 248 Å². The molecule has 1 radical (unpaired) electrons. The van der Waals surface area contributed by atoms with Gasteiger partial charge in [0.05, 0.1) is 0 Å². The minimum atomic E-state index is -2.83. The highest BCUT2D eigenvalue weighted by molar-refractivity contribution is 7.27. The van der Waals surface area contributed by atoms with E-state index < -0.39 is 16.9 Å². The molecule has 5 heteroatoms. The van der Waals surface area contributed by atoms with Gasteiger partial charge in [-0.15, -0.1) is 0 Å². The fraction of sp³-hybridized carbons (Fsp3) is 0. The smallest absolute Gasteiger partial charge is 0.188 e. The molecule has 2 aliphatic rings. The van der Waals surface area contributed by atoms with Crippen LogP contribution >= 0.6 is 0 Å². The average Bonchev–Trinajstić information content (AvgIpc) is 3.79. The van der Waals surface area contributed by atoms with Crippen molar-refractivity contribution in [2.24, 2.45) is 0 Å². The van der Waals surface area contributed by atoms with Crippen LogP contribution in [0.25, 0.3) is 55.0 Å². The molecule has 0 bridgehead atoms. The van der Waals surface area contributed by atoms with E-state index in [1.54, 1.807) is 0 Å². The van der Waals surface area contributed by atoms with E-state index in [-0.39, 0.29) is 0 Å². The second-order valence-electron chi connectivity index (χ2n) is 18.1. The molecule has 12 aromatic rings. The van der Waals surface area contributed by atoms with E-state index in [1.807, 2.05) is 12.1 Å². The first-order chi connectivity index (χ1) is 34.2. The van der Waals surface area contributed by atoms with Crippen molar-refractivity contribution in [3.05, 3.63) is 255 Å². The lowest BCUT2D eigenvalue weighted by Gasteiger charge is -2.45. The van der Waals surface area contributed by atoms with Gasteiger partial charge in [0.1, 0.15) is 22.7 Å². The molecule has 0 unspecified atom stereocenters. The molecule has 1 spiro atoms. The summed E-state index contributed by atoms with van der Waals surface area (Å²) in [5, 5.41) is 14.6. The van der Waals surface area contributed by atoms with Crippen LogP contribution in [0.15, 0.2) is 259 Å². The van der Waals surface area contributed by atoms with Crippen LogP contribution in [0.4, 0.5) is 17.1 Å². The van der Waals surface area contributed by atoms with Gasteiger partial charge in [-0.25, -0.2) is 0 Å². The van der Waals surface area contributed by atoms with Gasteiger partial charge in [0.25, 0.3) is 0 Å². The molecular formula is C64H42NO2Si2. The summed E-state index contributed by atoms with van der Waals surface area (Å²) in [4.78, 5) is 2.35. The lowest BCUT2D eigenvalue weighted by Crippen LogP contribution is -2.87. The molecule has 0 atom stereocenters. The predicted octanol–water partition coefficient (Wildman–Crippen LogP) is 11.9. The van der Waals surface area contributed by atoms with Gasteiger partial charge in [0, 0.05) is 33.9 Å². The summed E-state index contributed by atoms with van der Waals surface area (Å²) in [6.07, 6.45) is 0. The van der Waals surface area contributed by atoms with Gasteiger partial charge in [-0.1, -0.05) is 204 Å². The Morgan fingerprint density at radius 3 is 1.68 bits per heavy atom. The summed E-state index contributed by atoms with van der Waals surface area (Å²) in [6, 6.07) is 93.7. The topological polar surface area (TPSA) is 25.6 Å².